The van der Waals surface area contributed by atoms with E-state index in [1.165, 1.54) is 0 Å². The first-order valence-corrected chi connectivity index (χ1v) is 6.38. The molecule has 19 heavy (non-hydrogen) atoms. The topological polar surface area (TPSA) is 79.5 Å². The van der Waals surface area contributed by atoms with Crippen LogP contribution in [0.3, 0.4) is 0 Å². The van der Waals surface area contributed by atoms with Crippen molar-refractivity contribution in [2.45, 2.75) is 13.0 Å². The molecule has 2 aliphatic rings. The highest BCUT2D eigenvalue weighted by Gasteiger charge is 2.51. The molecule has 1 saturated carbocycles. The molecule has 0 saturated heterocycles. The normalized spacial score (nSPS) is 31.6. The van der Waals surface area contributed by atoms with Gasteiger partial charge >= 0.3 is 5.97 Å². The fourth-order valence-corrected chi connectivity index (χ4v) is 3.22. The lowest BCUT2D eigenvalue weighted by atomic mass is 9.82. The molecule has 4 atom stereocenters. The quantitative estimate of drug-likeness (QED) is 0.803. The summed E-state index contributed by atoms with van der Waals surface area (Å²) in [6.07, 6.45) is 6.22. The monoisotopic (exact) mass is 261 g/mol. The molecule has 2 bridgehead atoms. The Morgan fingerprint density at radius 1 is 1.32 bits per heavy atom. The van der Waals surface area contributed by atoms with E-state index >= 15 is 0 Å². The van der Waals surface area contributed by atoms with Crippen molar-refractivity contribution in [1.82, 2.24) is 5.32 Å². The largest absolute Gasteiger partial charge is 0.481 e. The number of hydrogen-bond acceptors (Lipinski definition) is 3. The van der Waals surface area contributed by atoms with Gasteiger partial charge in [-0.15, -0.1) is 0 Å². The number of amides is 1. The molecule has 100 valence electrons. The van der Waals surface area contributed by atoms with Crippen molar-refractivity contribution in [3.8, 4) is 0 Å². The lowest BCUT2D eigenvalue weighted by Crippen LogP contribution is -2.39. The fourth-order valence-electron chi connectivity index (χ4n) is 3.22. The Hall–Kier alpha value is -2.04. The molecule has 0 radical (unpaired) electrons. The van der Waals surface area contributed by atoms with Crippen LogP contribution in [-0.4, -0.2) is 17.0 Å². The SMILES string of the molecule is O=C(NCc1ccco1)[C@@H]1[C@H](C(=O)O)[C@H]2C=C[C@H]1C2. The van der Waals surface area contributed by atoms with Gasteiger partial charge < -0.3 is 14.8 Å². The summed E-state index contributed by atoms with van der Waals surface area (Å²) in [5.41, 5.74) is 0. The molecule has 1 fully saturated rings. The zero-order valence-electron chi connectivity index (χ0n) is 10.3. The second-order valence-corrected chi connectivity index (χ2v) is 5.14. The predicted molar refractivity (Wildman–Crippen MR) is 65.9 cm³/mol. The van der Waals surface area contributed by atoms with E-state index in [9.17, 15) is 14.7 Å². The van der Waals surface area contributed by atoms with Crippen LogP contribution in [0.4, 0.5) is 0 Å². The zero-order valence-corrected chi connectivity index (χ0v) is 10.3. The van der Waals surface area contributed by atoms with Gasteiger partial charge in [-0.05, 0) is 30.4 Å². The van der Waals surface area contributed by atoms with Crippen molar-refractivity contribution in [1.29, 1.82) is 0 Å². The summed E-state index contributed by atoms with van der Waals surface area (Å²) in [7, 11) is 0. The van der Waals surface area contributed by atoms with E-state index < -0.39 is 17.8 Å². The van der Waals surface area contributed by atoms with Gasteiger partial charge in [0, 0.05) is 0 Å². The number of carboxylic acid groups (broad SMARTS) is 1. The number of carbonyl (C=O) groups excluding carboxylic acids is 1. The molecule has 0 spiro atoms. The number of allylic oxidation sites excluding steroid dienone is 2. The molecule has 2 N–H and O–H groups in total. The van der Waals surface area contributed by atoms with Crippen LogP contribution in [0, 0.1) is 23.7 Å². The highest BCUT2D eigenvalue weighted by Crippen LogP contribution is 2.48. The standard InChI is InChI=1S/C14H15NO4/c16-13(15-7-10-2-1-5-19-10)11-8-3-4-9(6-8)12(11)14(17)18/h1-5,8-9,11-12H,6-7H2,(H,15,16)(H,17,18)/t8-,9-,11-,12+/m0/s1. The molecule has 0 aliphatic heterocycles. The molecular weight excluding hydrogens is 246 g/mol. The molecular formula is C14H15NO4. The maximum atomic E-state index is 12.2. The van der Waals surface area contributed by atoms with Gasteiger partial charge in [0.1, 0.15) is 5.76 Å². The third-order valence-corrected chi connectivity index (χ3v) is 4.06. The average molecular weight is 261 g/mol. The predicted octanol–water partition coefficient (Wildman–Crippen LogP) is 1.42. The van der Waals surface area contributed by atoms with Crippen molar-refractivity contribution in [3.63, 3.8) is 0 Å². The average Bonchev–Trinajstić information content (AvgIpc) is 3.10. The van der Waals surface area contributed by atoms with Crippen molar-refractivity contribution in [2.24, 2.45) is 23.7 Å². The van der Waals surface area contributed by atoms with E-state index in [1.807, 2.05) is 12.2 Å². The summed E-state index contributed by atoms with van der Waals surface area (Å²) in [5.74, 6) is -1.40. The number of aliphatic carboxylic acids is 1. The Labute approximate surface area is 110 Å². The number of carboxylic acids is 1. The molecule has 5 nitrogen and oxygen atoms in total. The van der Waals surface area contributed by atoms with Crippen molar-refractivity contribution in [2.75, 3.05) is 0 Å². The Bertz CT molecular complexity index is 520. The number of rotatable bonds is 4. The van der Waals surface area contributed by atoms with Gasteiger partial charge in [0.05, 0.1) is 24.6 Å². The zero-order chi connectivity index (χ0) is 13.4. The van der Waals surface area contributed by atoms with Crippen LogP contribution < -0.4 is 5.32 Å². The third-order valence-electron chi connectivity index (χ3n) is 4.06. The maximum Gasteiger partial charge on any atom is 0.307 e. The van der Waals surface area contributed by atoms with Gasteiger partial charge in [0.2, 0.25) is 5.91 Å². The minimum Gasteiger partial charge on any atom is -0.481 e. The van der Waals surface area contributed by atoms with Crippen molar-refractivity contribution < 1.29 is 19.1 Å². The van der Waals surface area contributed by atoms with Crippen LogP contribution in [0.25, 0.3) is 0 Å². The fraction of sp³-hybridized carbons (Fsp3) is 0.429. The second-order valence-electron chi connectivity index (χ2n) is 5.14. The van der Waals surface area contributed by atoms with E-state index in [4.69, 9.17) is 4.42 Å². The minimum atomic E-state index is -0.880. The van der Waals surface area contributed by atoms with Gasteiger partial charge in [0.25, 0.3) is 0 Å². The highest BCUT2D eigenvalue weighted by atomic mass is 16.4. The van der Waals surface area contributed by atoms with Gasteiger partial charge in [-0.2, -0.15) is 0 Å². The van der Waals surface area contributed by atoms with E-state index in [1.54, 1.807) is 18.4 Å². The summed E-state index contributed by atoms with van der Waals surface area (Å²) >= 11 is 0. The summed E-state index contributed by atoms with van der Waals surface area (Å²) in [6, 6.07) is 3.53. The number of fused-ring (bicyclic) bond motifs is 2. The molecule has 0 aromatic carbocycles. The third kappa shape index (κ3) is 2.05. The second kappa shape index (κ2) is 4.57. The smallest absolute Gasteiger partial charge is 0.307 e. The summed E-state index contributed by atoms with van der Waals surface area (Å²) in [5, 5.41) is 12.0. The molecule has 1 heterocycles. The molecule has 1 amide bonds. The maximum absolute atomic E-state index is 12.2. The Balaban J connectivity index is 1.68. The lowest BCUT2D eigenvalue weighted by Gasteiger charge is -2.23. The molecule has 0 unspecified atom stereocenters. The number of carbonyl (C=O) groups is 2. The molecule has 1 aromatic rings. The van der Waals surface area contributed by atoms with Crippen LogP contribution in [-0.2, 0) is 16.1 Å². The van der Waals surface area contributed by atoms with Crippen LogP contribution in [0.15, 0.2) is 35.0 Å². The van der Waals surface area contributed by atoms with Crippen molar-refractivity contribution in [3.05, 3.63) is 36.3 Å². The first kappa shape index (κ1) is 12.0. The van der Waals surface area contributed by atoms with E-state index in [0.29, 0.717) is 12.3 Å². The van der Waals surface area contributed by atoms with E-state index in [-0.39, 0.29) is 17.7 Å². The first-order valence-electron chi connectivity index (χ1n) is 6.38. The molecule has 1 aromatic heterocycles. The van der Waals surface area contributed by atoms with E-state index in [0.717, 1.165) is 6.42 Å². The highest BCUT2D eigenvalue weighted by molar-refractivity contribution is 5.86. The summed E-state index contributed by atoms with van der Waals surface area (Å²) in [6.45, 7) is 0.301. The minimum absolute atomic E-state index is 0.00172. The first-order chi connectivity index (χ1) is 9.16. The molecule has 3 rings (SSSR count). The Morgan fingerprint density at radius 2 is 2.05 bits per heavy atom. The van der Waals surface area contributed by atoms with Gasteiger partial charge in [-0.3, -0.25) is 9.59 Å². The lowest BCUT2D eigenvalue weighted by molar-refractivity contribution is -0.147. The van der Waals surface area contributed by atoms with E-state index in [2.05, 4.69) is 5.32 Å². The summed E-state index contributed by atoms with van der Waals surface area (Å²) < 4.78 is 5.14. The van der Waals surface area contributed by atoms with Gasteiger partial charge in [-0.1, -0.05) is 12.2 Å². The van der Waals surface area contributed by atoms with Gasteiger partial charge in [-0.25, -0.2) is 0 Å². The Morgan fingerprint density at radius 3 is 2.68 bits per heavy atom. The van der Waals surface area contributed by atoms with Gasteiger partial charge in [0.15, 0.2) is 0 Å². The number of hydrogen-bond donors (Lipinski definition) is 2. The van der Waals surface area contributed by atoms with Crippen LogP contribution >= 0.6 is 0 Å². The Kier molecular flexibility index (Phi) is 2.89. The number of furan rings is 1. The van der Waals surface area contributed by atoms with Crippen LogP contribution in [0.1, 0.15) is 12.2 Å². The molecule has 2 aliphatic carbocycles. The van der Waals surface area contributed by atoms with Crippen LogP contribution in [0.5, 0.6) is 0 Å². The molecule has 5 heteroatoms. The van der Waals surface area contributed by atoms with Crippen molar-refractivity contribution >= 4 is 11.9 Å². The summed E-state index contributed by atoms with van der Waals surface area (Å²) in [4.78, 5) is 23.5. The number of nitrogens with one attached hydrogen (secondary N) is 1. The van der Waals surface area contributed by atoms with Crippen LogP contribution in [0.2, 0.25) is 0 Å².